The molecule has 1 fully saturated rings. The van der Waals surface area contributed by atoms with Crippen molar-refractivity contribution in [2.24, 2.45) is 0 Å². The van der Waals surface area contributed by atoms with Gasteiger partial charge in [0.15, 0.2) is 0 Å². The Labute approximate surface area is 203 Å². The van der Waals surface area contributed by atoms with Crippen molar-refractivity contribution in [3.63, 3.8) is 0 Å². The number of carbonyl (C=O) groups is 2. The molecule has 1 aliphatic carbocycles. The highest BCUT2D eigenvalue weighted by atomic mass is 35.5. The largest absolute Gasteiger partial charge is 0.465 e. The van der Waals surface area contributed by atoms with Crippen molar-refractivity contribution in [3.8, 4) is 0 Å². The third-order valence-electron chi connectivity index (χ3n) is 7.13. The van der Waals surface area contributed by atoms with Crippen LogP contribution in [0, 0.1) is 6.92 Å². The molecule has 0 radical (unpaired) electrons. The molecule has 0 bridgehead atoms. The molecule has 2 atom stereocenters. The lowest BCUT2D eigenvalue weighted by Gasteiger charge is -2.38. The third kappa shape index (κ3) is 3.98. The number of carbonyl (C=O) groups excluding carboxylic acids is 1. The summed E-state index contributed by atoms with van der Waals surface area (Å²) in [5.41, 5.74) is 5.63. The van der Waals surface area contributed by atoms with Gasteiger partial charge in [0.2, 0.25) is 0 Å². The number of aryl methyl sites for hydroxylation is 1. The van der Waals surface area contributed by atoms with Crippen LogP contribution in [0.1, 0.15) is 52.1 Å². The molecule has 3 aromatic rings. The first-order valence-corrected chi connectivity index (χ1v) is 12.0. The van der Waals surface area contributed by atoms with E-state index in [0.717, 1.165) is 46.6 Å². The Bertz CT molecular complexity index is 1290. The van der Waals surface area contributed by atoms with Gasteiger partial charge in [0, 0.05) is 60.1 Å². The standard InChI is InChI=1S/C26H27ClN4O3/c1-15-4-3-9-28-24(15)17-5-7-19-21(12-17)29-22-13-18(6-8-20(22)23(19)27)25(32)31-11-10-30(26(33)34)14-16(31)2/h3-4,6,8-9,13,16-17H,5,7,10-12,14H2,1-2H3,(H,33,34)/t16-,17?/m0/s1. The quantitative estimate of drug-likeness (QED) is 0.577. The molecule has 34 heavy (non-hydrogen) atoms. The lowest BCUT2D eigenvalue weighted by Crippen LogP contribution is -2.55. The number of hydrogen-bond donors (Lipinski definition) is 1. The number of hydrogen-bond acceptors (Lipinski definition) is 4. The van der Waals surface area contributed by atoms with Crippen LogP contribution in [0.3, 0.4) is 0 Å². The van der Waals surface area contributed by atoms with Gasteiger partial charge in [-0.1, -0.05) is 23.7 Å². The number of rotatable bonds is 2. The van der Waals surface area contributed by atoms with Crippen LogP contribution in [0.4, 0.5) is 4.79 Å². The van der Waals surface area contributed by atoms with Gasteiger partial charge in [0.1, 0.15) is 0 Å². The van der Waals surface area contributed by atoms with E-state index in [4.69, 9.17) is 16.6 Å². The minimum atomic E-state index is -0.951. The Morgan fingerprint density at radius 1 is 1.21 bits per heavy atom. The molecule has 176 valence electrons. The molecule has 1 aromatic carbocycles. The van der Waals surface area contributed by atoms with Crippen molar-refractivity contribution < 1.29 is 14.7 Å². The van der Waals surface area contributed by atoms with Gasteiger partial charge >= 0.3 is 6.09 Å². The molecule has 0 saturated carbocycles. The first-order valence-electron chi connectivity index (χ1n) is 11.6. The van der Waals surface area contributed by atoms with E-state index in [0.29, 0.717) is 36.6 Å². The zero-order chi connectivity index (χ0) is 24.0. The first-order chi connectivity index (χ1) is 16.3. The first kappa shape index (κ1) is 22.6. The maximum absolute atomic E-state index is 13.3. The van der Waals surface area contributed by atoms with Crippen molar-refractivity contribution >= 4 is 34.5 Å². The summed E-state index contributed by atoms with van der Waals surface area (Å²) in [5, 5.41) is 10.8. The van der Waals surface area contributed by atoms with E-state index in [9.17, 15) is 14.7 Å². The average Bonchev–Trinajstić information content (AvgIpc) is 2.83. The molecule has 2 aromatic heterocycles. The molecule has 7 nitrogen and oxygen atoms in total. The van der Waals surface area contributed by atoms with Gasteiger partial charge in [-0.3, -0.25) is 14.8 Å². The van der Waals surface area contributed by atoms with Gasteiger partial charge in [-0.25, -0.2) is 4.79 Å². The fourth-order valence-corrected chi connectivity index (χ4v) is 5.64. The van der Waals surface area contributed by atoms with E-state index in [1.54, 1.807) is 11.0 Å². The Morgan fingerprint density at radius 3 is 2.76 bits per heavy atom. The molecule has 1 saturated heterocycles. The molecule has 5 rings (SSSR count). The van der Waals surface area contributed by atoms with Crippen molar-refractivity contribution in [1.82, 2.24) is 19.8 Å². The zero-order valence-electron chi connectivity index (χ0n) is 19.3. The number of benzene rings is 1. The molecule has 8 heteroatoms. The van der Waals surface area contributed by atoms with Gasteiger partial charge in [-0.05, 0) is 62.4 Å². The van der Waals surface area contributed by atoms with Crippen molar-refractivity contribution in [1.29, 1.82) is 0 Å². The average molecular weight is 479 g/mol. The second-order valence-electron chi connectivity index (χ2n) is 9.30. The highest BCUT2D eigenvalue weighted by Gasteiger charge is 2.31. The maximum atomic E-state index is 13.3. The second-order valence-corrected chi connectivity index (χ2v) is 9.68. The van der Waals surface area contributed by atoms with Gasteiger partial charge in [-0.15, -0.1) is 0 Å². The van der Waals surface area contributed by atoms with Crippen LogP contribution >= 0.6 is 11.6 Å². The minimum absolute atomic E-state index is 0.114. The molecule has 2 amide bonds. The van der Waals surface area contributed by atoms with Crippen molar-refractivity contribution in [2.45, 2.75) is 45.1 Å². The summed E-state index contributed by atoms with van der Waals surface area (Å²) in [6.45, 7) is 4.95. The smallest absolute Gasteiger partial charge is 0.407 e. The molecule has 1 N–H and O–H groups in total. The Balaban J connectivity index is 1.44. The van der Waals surface area contributed by atoms with Crippen molar-refractivity contribution in [2.75, 3.05) is 19.6 Å². The van der Waals surface area contributed by atoms with Crippen LogP contribution in [0.2, 0.25) is 5.02 Å². The summed E-state index contributed by atoms with van der Waals surface area (Å²) in [4.78, 5) is 37.2. The number of nitrogens with zero attached hydrogens (tertiary/aromatic N) is 4. The molecule has 2 aliphatic rings. The number of carboxylic acid groups (broad SMARTS) is 1. The Morgan fingerprint density at radius 2 is 2.03 bits per heavy atom. The van der Waals surface area contributed by atoms with Crippen LogP contribution in [-0.2, 0) is 12.8 Å². The lowest BCUT2D eigenvalue weighted by molar-refractivity contribution is 0.0484. The zero-order valence-corrected chi connectivity index (χ0v) is 20.0. The van der Waals surface area contributed by atoms with Gasteiger partial charge in [0.25, 0.3) is 5.91 Å². The molecular formula is C26H27ClN4O3. The van der Waals surface area contributed by atoms with Crippen molar-refractivity contribution in [3.05, 3.63) is 69.6 Å². The number of fused-ring (bicyclic) bond motifs is 2. The predicted molar refractivity (Wildman–Crippen MR) is 131 cm³/mol. The van der Waals surface area contributed by atoms with E-state index in [1.807, 2.05) is 31.3 Å². The molecule has 1 aliphatic heterocycles. The maximum Gasteiger partial charge on any atom is 0.407 e. The number of piperazine rings is 1. The summed E-state index contributed by atoms with van der Waals surface area (Å²) in [6.07, 6.45) is 3.49. The van der Waals surface area contributed by atoms with Gasteiger partial charge < -0.3 is 14.9 Å². The highest BCUT2D eigenvalue weighted by Crippen LogP contribution is 2.38. The van der Waals surface area contributed by atoms with E-state index < -0.39 is 6.09 Å². The van der Waals surface area contributed by atoms with Gasteiger partial charge in [0.05, 0.1) is 10.5 Å². The molecule has 0 spiro atoms. The van der Waals surface area contributed by atoms with E-state index in [-0.39, 0.29) is 11.9 Å². The normalized spacial score (nSPS) is 20.3. The molecular weight excluding hydrogens is 452 g/mol. The fourth-order valence-electron chi connectivity index (χ4n) is 5.28. The molecule has 3 heterocycles. The summed E-state index contributed by atoms with van der Waals surface area (Å²) in [5.74, 6) is 0.183. The summed E-state index contributed by atoms with van der Waals surface area (Å²) in [6, 6.07) is 9.34. The predicted octanol–water partition coefficient (Wildman–Crippen LogP) is 4.69. The number of halogens is 1. The third-order valence-corrected chi connectivity index (χ3v) is 7.56. The van der Waals surface area contributed by atoms with Crippen LogP contribution in [0.5, 0.6) is 0 Å². The Kier molecular flexibility index (Phi) is 5.90. The van der Waals surface area contributed by atoms with Crippen LogP contribution in [0.25, 0.3) is 10.9 Å². The second kappa shape index (κ2) is 8.87. The SMILES string of the molecule is Cc1cccnc1C1CCc2c(nc3cc(C(=O)N4CCN(C(=O)O)C[C@@H]4C)ccc3c2Cl)C1. The number of aromatic nitrogens is 2. The summed E-state index contributed by atoms with van der Waals surface area (Å²) < 4.78 is 0. The summed E-state index contributed by atoms with van der Waals surface area (Å²) in [7, 11) is 0. The number of pyridine rings is 2. The van der Waals surface area contributed by atoms with Crippen LogP contribution < -0.4 is 0 Å². The van der Waals surface area contributed by atoms with Crippen LogP contribution in [-0.4, -0.2) is 62.6 Å². The van der Waals surface area contributed by atoms with E-state index >= 15 is 0 Å². The number of amides is 2. The topological polar surface area (TPSA) is 86.6 Å². The van der Waals surface area contributed by atoms with E-state index in [2.05, 4.69) is 18.0 Å². The lowest BCUT2D eigenvalue weighted by atomic mass is 9.83. The Hall–Kier alpha value is -3.19. The molecule has 1 unspecified atom stereocenters. The summed E-state index contributed by atoms with van der Waals surface area (Å²) >= 11 is 6.82. The van der Waals surface area contributed by atoms with Gasteiger partial charge in [-0.2, -0.15) is 0 Å². The van der Waals surface area contributed by atoms with Crippen LogP contribution in [0.15, 0.2) is 36.5 Å². The monoisotopic (exact) mass is 478 g/mol. The minimum Gasteiger partial charge on any atom is -0.465 e. The highest BCUT2D eigenvalue weighted by molar-refractivity contribution is 6.36. The fraction of sp³-hybridized carbons (Fsp3) is 0.385. The van der Waals surface area contributed by atoms with E-state index in [1.165, 1.54) is 10.5 Å².